The van der Waals surface area contributed by atoms with E-state index in [0.29, 0.717) is 32.0 Å². The standard InChI is InChI=1S/C15H29N3O3/c1-11(2)13(19)6-5-7-14(20)18-10-15(21)17-9-8-16-12(3)4/h11-12,16H,5-10H2,1-4H3,(H,17,21)(H,18,20). The van der Waals surface area contributed by atoms with E-state index in [1.165, 1.54) is 0 Å². The molecule has 0 aliphatic carbocycles. The lowest BCUT2D eigenvalue weighted by molar-refractivity contribution is -0.126. The fourth-order valence-corrected chi connectivity index (χ4v) is 1.60. The Morgan fingerprint density at radius 1 is 0.857 bits per heavy atom. The first kappa shape index (κ1) is 19.6. The summed E-state index contributed by atoms with van der Waals surface area (Å²) in [6, 6.07) is 0.384. The van der Waals surface area contributed by atoms with Crippen molar-refractivity contribution in [2.45, 2.75) is 53.0 Å². The maximum Gasteiger partial charge on any atom is 0.239 e. The van der Waals surface area contributed by atoms with Crippen molar-refractivity contribution in [2.75, 3.05) is 19.6 Å². The molecule has 0 atom stereocenters. The molecular formula is C15H29N3O3. The van der Waals surface area contributed by atoms with Crippen molar-refractivity contribution >= 4 is 17.6 Å². The van der Waals surface area contributed by atoms with Gasteiger partial charge in [0.1, 0.15) is 5.78 Å². The van der Waals surface area contributed by atoms with Crippen molar-refractivity contribution in [3.05, 3.63) is 0 Å². The number of amides is 2. The van der Waals surface area contributed by atoms with Crippen LogP contribution in [0.1, 0.15) is 47.0 Å². The molecule has 0 rings (SSSR count). The predicted molar refractivity (Wildman–Crippen MR) is 82.9 cm³/mol. The number of ketones is 1. The Kier molecular flexibility index (Phi) is 10.5. The van der Waals surface area contributed by atoms with E-state index in [1.807, 2.05) is 27.7 Å². The molecule has 0 spiro atoms. The molecule has 0 heterocycles. The summed E-state index contributed by atoms with van der Waals surface area (Å²) in [5.41, 5.74) is 0. The SMILES string of the molecule is CC(C)NCCNC(=O)CNC(=O)CCCC(=O)C(C)C. The Hall–Kier alpha value is -1.43. The van der Waals surface area contributed by atoms with E-state index in [4.69, 9.17) is 0 Å². The number of Topliss-reactive ketones (excluding diaryl/α,β-unsaturated/α-hetero) is 1. The van der Waals surface area contributed by atoms with Gasteiger partial charge in [-0.15, -0.1) is 0 Å². The van der Waals surface area contributed by atoms with Crippen LogP contribution in [-0.4, -0.2) is 43.3 Å². The summed E-state index contributed by atoms with van der Waals surface area (Å²) in [5.74, 6) is -0.217. The second kappa shape index (κ2) is 11.3. The first-order valence-electron chi connectivity index (χ1n) is 7.62. The number of hydrogen-bond acceptors (Lipinski definition) is 4. The monoisotopic (exact) mass is 299 g/mol. The van der Waals surface area contributed by atoms with E-state index in [-0.39, 0.29) is 36.5 Å². The van der Waals surface area contributed by atoms with Gasteiger partial charge in [-0.1, -0.05) is 27.7 Å². The van der Waals surface area contributed by atoms with Crippen LogP contribution in [0.3, 0.4) is 0 Å². The van der Waals surface area contributed by atoms with Crippen molar-refractivity contribution in [1.29, 1.82) is 0 Å². The number of nitrogens with one attached hydrogen (secondary N) is 3. The summed E-state index contributed by atoms with van der Waals surface area (Å²) in [5, 5.41) is 8.44. The minimum absolute atomic E-state index is 0.0123. The van der Waals surface area contributed by atoms with Gasteiger partial charge in [-0.25, -0.2) is 0 Å². The van der Waals surface area contributed by atoms with Crippen molar-refractivity contribution < 1.29 is 14.4 Å². The Bertz CT molecular complexity index is 341. The van der Waals surface area contributed by atoms with Crippen LogP contribution < -0.4 is 16.0 Å². The molecule has 3 N–H and O–H groups in total. The van der Waals surface area contributed by atoms with Crippen LogP contribution in [0.25, 0.3) is 0 Å². The average Bonchev–Trinajstić information content (AvgIpc) is 2.40. The Labute approximate surface area is 127 Å². The molecule has 0 aromatic heterocycles. The van der Waals surface area contributed by atoms with Gasteiger partial charge >= 0.3 is 0 Å². The highest BCUT2D eigenvalue weighted by atomic mass is 16.2. The van der Waals surface area contributed by atoms with Gasteiger partial charge in [0.25, 0.3) is 0 Å². The van der Waals surface area contributed by atoms with Crippen LogP contribution in [0, 0.1) is 5.92 Å². The molecule has 6 nitrogen and oxygen atoms in total. The third-order valence-electron chi connectivity index (χ3n) is 2.92. The van der Waals surface area contributed by atoms with Gasteiger partial charge in [0.2, 0.25) is 11.8 Å². The third-order valence-corrected chi connectivity index (χ3v) is 2.92. The summed E-state index contributed by atoms with van der Waals surface area (Å²) in [4.78, 5) is 34.3. The zero-order chi connectivity index (χ0) is 16.3. The van der Waals surface area contributed by atoms with E-state index in [9.17, 15) is 14.4 Å². The summed E-state index contributed by atoms with van der Waals surface area (Å²) < 4.78 is 0. The molecule has 0 saturated carbocycles. The van der Waals surface area contributed by atoms with Gasteiger partial charge in [-0.2, -0.15) is 0 Å². The van der Waals surface area contributed by atoms with Crippen LogP contribution in [0.4, 0.5) is 0 Å². The van der Waals surface area contributed by atoms with Crippen LogP contribution in [-0.2, 0) is 14.4 Å². The molecule has 0 fully saturated rings. The minimum Gasteiger partial charge on any atom is -0.353 e. The van der Waals surface area contributed by atoms with Gasteiger partial charge < -0.3 is 16.0 Å². The lowest BCUT2D eigenvalue weighted by Crippen LogP contribution is -2.40. The van der Waals surface area contributed by atoms with Gasteiger partial charge in [0, 0.05) is 37.9 Å². The summed E-state index contributed by atoms with van der Waals surface area (Å²) in [7, 11) is 0. The summed E-state index contributed by atoms with van der Waals surface area (Å²) in [6.45, 7) is 8.99. The lowest BCUT2D eigenvalue weighted by Gasteiger charge is -2.09. The normalized spacial score (nSPS) is 10.8. The molecule has 2 amide bonds. The number of carbonyl (C=O) groups is 3. The van der Waals surface area contributed by atoms with E-state index >= 15 is 0 Å². The molecule has 0 radical (unpaired) electrons. The predicted octanol–water partition coefficient (Wildman–Crippen LogP) is 0.612. The average molecular weight is 299 g/mol. The van der Waals surface area contributed by atoms with Crippen molar-refractivity contribution in [3.8, 4) is 0 Å². The van der Waals surface area contributed by atoms with Gasteiger partial charge in [-0.3, -0.25) is 14.4 Å². The quantitative estimate of drug-likeness (QED) is 0.488. The zero-order valence-electron chi connectivity index (χ0n) is 13.6. The molecule has 0 aromatic carbocycles. The fourth-order valence-electron chi connectivity index (χ4n) is 1.60. The van der Waals surface area contributed by atoms with Crippen molar-refractivity contribution in [1.82, 2.24) is 16.0 Å². The van der Waals surface area contributed by atoms with Crippen LogP contribution >= 0.6 is 0 Å². The van der Waals surface area contributed by atoms with Crippen molar-refractivity contribution in [3.63, 3.8) is 0 Å². The lowest BCUT2D eigenvalue weighted by atomic mass is 10.0. The van der Waals surface area contributed by atoms with E-state index in [0.717, 1.165) is 0 Å². The van der Waals surface area contributed by atoms with Crippen LogP contribution in [0.5, 0.6) is 0 Å². The molecular weight excluding hydrogens is 270 g/mol. The molecule has 21 heavy (non-hydrogen) atoms. The Morgan fingerprint density at radius 3 is 2.10 bits per heavy atom. The zero-order valence-corrected chi connectivity index (χ0v) is 13.6. The molecule has 0 saturated heterocycles. The molecule has 0 aliphatic heterocycles. The maximum absolute atomic E-state index is 11.5. The van der Waals surface area contributed by atoms with E-state index < -0.39 is 0 Å². The van der Waals surface area contributed by atoms with Crippen molar-refractivity contribution in [2.24, 2.45) is 5.92 Å². The van der Waals surface area contributed by atoms with E-state index in [1.54, 1.807) is 0 Å². The summed E-state index contributed by atoms with van der Waals surface area (Å²) >= 11 is 0. The van der Waals surface area contributed by atoms with Gasteiger partial charge in [0.05, 0.1) is 6.54 Å². The molecule has 6 heteroatoms. The Morgan fingerprint density at radius 2 is 1.52 bits per heavy atom. The minimum atomic E-state index is -0.202. The number of carbonyl (C=O) groups excluding carboxylic acids is 3. The summed E-state index contributed by atoms with van der Waals surface area (Å²) in [6.07, 6.45) is 1.22. The molecule has 0 unspecified atom stereocenters. The van der Waals surface area contributed by atoms with Crippen LogP contribution in [0.15, 0.2) is 0 Å². The van der Waals surface area contributed by atoms with E-state index in [2.05, 4.69) is 16.0 Å². The second-order valence-electron chi connectivity index (χ2n) is 5.71. The van der Waals surface area contributed by atoms with Gasteiger partial charge in [-0.05, 0) is 6.42 Å². The van der Waals surface area contributed by atoms with Crippen LogP contribution in [0.2, 0.25) is 0 Å². The first-order chi connectivity index (χ1) is 9.82. The smallest absolute Gasteiger partial charge is 0.239 e. The molecule has 122 valence electrons. The second-order valence-corrected chi connectivity index (χ2v) is 5.71. The molecule has 0 bridgehead atoms. The highest BCUT2D eigenvalue weighted by molar-refractivity contribution is 5.85. The Balaban J connectivity index is 3.59. The highest BCUT2D eigenvalue weighted by Gasteiger charge is 2.09. The fraction of sp³-hybridized carbons (Fsp3) is 0.800. The van der Waals surface area contributed by atoms with Gasteiger partial charge in [0.15, 0.2) is 0 Å². The third kappa shape index (κ3) is 12.1. The number of rotatable bonds is 11. The number of hydrogen-bond donors (Lipinski definition) is 3. The largest absolute Gasteiger partial charge is 0.353 e. The molecule has 0 aromatic rings. The first-order valence-corrected chi connectivity index (χ1v) is 7.62. The topological polar surface area (TPSA) is 87.3 Å². The highest BCUT2D eigenvalue weighted by Crippen LogP contribution is 2.03. The maximum atomic E-state index is 11.5. The molecule has 0 aliphatic rings.